The molecule has 1 aliphatic carbocycles. The van der Waals surface area contributed by atoms with Crippen molar-refractivity contribution in [3.63, 3.8) is 0 Å². The number of benzene rings is 3. The molecule has 37 heavy (non-hydrogen) atoms. The van der Waals surface area contributed by atoms with E-state index in [9.17, 15) is 9.59 Å². The van der Waals surface area contributed by atoms with Gasteiger partial charge in [0.25, 0.3) is 0 Å². The van der Waals surface area contributed by atoms with E-state index >= 15 is 0 Å². The molecule has 1 aliphatic rings. The number of aryl methyl sites for hydroxylation is 1. The second-order valence-corrected chi connectivity index (χ2v) is 9.47. The number of hydrogen-bond donors (Lipinski definition) is 1. The molecule has 1 saturated carbocycles. The lowest BCUT2D eigenvalue weighted by atomic mass is 9.93. The second-order valence-electron chi connectivity index (χ2n) is 9.47. The van der Waals surface area contributed by atoms with Gasteiger partial charge in [0.1, 0.15) is 0 Å². The Balaban J connectivity index is 1.27. The van der Waals surface area contributed by atoms with Crippen molar-refractivity contribution in [1.82, 2.24) is 10.5 Å². The highest BCUT2D eigenvalue weighted by atomic mass is 16.5. The third-order valence-electron chi connectivity index (χ3n) is 6.99. The van der Waals surface area contributed by atoms with E-state index in [-0.39, 0.29) is 11.9 Å². The maximum atomic E-state index is 12.4. The fourth-order valence-electron chi connectivity index (χ4n) is 4.66. The molecule has 1 N–H and O–H groups in total. The summed E-state index contributed by atoms with van der Waals surface area (Å²) in [4.78, 5) is 24.8. The first-order valence-corrected chi connectivity index (χ1v) is 12.6. The number of carbonyl (C=O) groups excluding carboxylic acids is 2. The van der Waals surface area contributed by atoms with Crippen LogP contribution in [0.25, 0.3) is 22.5 Å². The van der Waals surface area contributed by atoms with Crippen molar-refractivity contribution in [2.24, 2.45) is 0 Å². The first-order chi connectivity index (χ1) is 18.0. The summed E-state index contributed by atoms with van der Waals surface area (Å²) in [6, 6.07) is 25.9. The van der Waals surface area contributed by atoms with Crippen LogP contribution in [0.3, 0.4) is 0 Å². The van der Waals surface area contributed by atoms with Crippen LogP contribution in [-0.4, -0.2) is 23.6 Å². The third-order valence-corrected chi connectivity index (χ3v) is 6.99. The lowest BCUT2D eigenvalue weighted by Crippen LogP contribution is -2.24. The van der Waals surface area contributed by atoms with Crippen molar-refractivity contribution in [1.29, 1.82) is 0 Å². The Morgan fingerprint density at radius 1 is 0.919 bits per heavy atom. The van der Waals surface area contributed by atoms with Crippen molar-refractivity contribution in [3.05, 3.63) is 101 Å². The Kier molecular flexibility index (Phi) is 6.91. The maximum Gasteiger partial charge on any atom is 0.316 e. The summed E-state index contributed by atoms with van der Waals surface area (Å²) in [5.41, 5.74) is 6.17. The van der Waals surface area contributed by atoms with E-state index in [1.54, 1.807) is 0 Å². The van der Waals surface area contributed by atoms with Crippen LogP contribution in [0.5, 0.6) is 0 Å². The summed E-state index contributed by atoms with van der Waals surface area (Å²) in [5.74, 6) is 0.485. The SMILES string of the molecule is CCOC(=O)C1(c2ccc(-c3ccc(-c4onc(C)c4CNC(=O)Cc4ccccc4)cc3)cc2)CC1. The van der Waals surface area contributed by atoms with Crippen LogP contribution in [0.1, 0.15) is 42.1 Å². The predicted octanol–water partition coefficient (Wildman–Crippen LogP) is 5.77. The molecule has 0 aliphatic heterocycles. The Hall–Kier alpha value is -4.19. The van der Waals surface area contributed by atoms with Crippen molar-refractivity contribution in [3.8, 4) is 22.5 Å². The third kappa shape index (κ3) is 5.19. The van der Waals surface area contributed by atoms with Crippen LogP contribution in [0, 0.1) is 6.92 Å². The van der Waals surface area contributed by atoms with Gasteiger partial charge < -0.3 is 14.6 Å². The molecule has 1 aromatic heterocycles. The van der Waals surface area contributed by atoms with E-state index in [4.69, 9.17) is 9.26 Å². The number of nitrogens with one attached hydrogen (secondary N) is 1. The summed E-state index contributed by atoms with van der Waals surface area (Å²) < 4.78 is 10.9. The van der Waals surface area contributed by atoms with Gasteiger partial charge in [-0.2, -0.15) is 0 Å². The van der Waals surface area contributed by atoms with Gasteiger partial charge in [-0.3, -0.25) is 9.59 Å². The fourth-order valence-corrected chi connectivity index (χ4v) is 4.66. The summed E-state index contributed by atoms with van der Waals surface area (Å²) in [7, 11) is 0. The molecule has 0 atom stereocenters. The van der Waals surface area contributed by atoms with E-state index < -0.39 is 5.41 Å². The molecule has 1 heterocycles. The average Bonchev–Trinajstić information content (AvgIpc) is 3.66. The monoisotopic (exact) mass is 494 g/mol. The zero-order valence-corrected chi connectivity index (χ0v) is 21.1. The van der Waals surface area contributed by atoms with Crippen molar-refractivity contribution in [2.75, 3.05) is 6.61 Å². The highest BCUT2D eigenvalue weighted by molar-refractivity contribution is 5.87. The zero-order chi connectivity index (χ0) is 25.8. The molecule has 0 unspecified atom stereocenters. The van der Waals surface area contributed by atoms with Crippen LogP contribution < -0.4 is 5.32 Å². The molecule has 188 valence electrons. The second kappa shape index (κ2) is 10.4. The van der Waals surface area contributed by atoms with Crippen LogP contribution in [0.2, 0.25) is 0 Å². The molecule has 0 radical (unpaired) electrons. The van der Waals surface area contributed by atoms with Gasteiger partial charge in [-0.25, -0.2) is 0 Å². The highest BCUT2D eigenvalue weighted by Crippen LogP contribution is 2.49. The van der Waals surface area contributed by atoms with Crippen molar-refractivity contribution in [2.45, 2.75) is 45.1 Å². The summed E-state index contributed by atoms with van der Waals surface area (Å²) in [5, 5.41) is 7.13. The normalized spacial score (nSPS) is 13.7. The van der Waals surface area contributed by atoms with E-state index in [0.29, 0.717) is 25.3 Å². The highest BCUT2D eigenvalue weighted by Gasteiger charge is 2.52. The summed E-state index contributed by atoms with van der Waals surface area (Å²) >= 11 is 0. The number of ether oxygens (including phenoxy) is 1. The number of nitrogens with zero attached hydrogens (tertiary/aromatic N) is 1. The molecule has 1 amide bonds. The standard InChI is InChI=1S/C31H30N2O4/c1-3-36-30(35)31(17-18-31)26-15-13-24(14-16-26)23-9-11-25(12-10-23)29-27(21(2)33-37-29)20-32-28(34)19-22-7-5-4-6-8-22/h4-16H,3,17-20H2,1-2H3,(H,32,34). The molecular weight excluding hydrogens is 464 g/mol. The minimum absolute atomic E-state index is 0.0486. The predicted molar refractivity (Wildman–Crippen MR) is 142 cm³/mol. The largest absolute Gasteiger partial charge is 0.465 e. The Morgan fingerprint density at radius 3 is 2.16 bits per heavy atom. The van der Waals surface area contributed by atoms with Crippen LogP contribution in [0.4, 0.5) is 0 Å². The Labute approximate surface area is 216 Å². The van der Waals surface area contributed by atoms with Crippen LogP contribution in [-0.2, 0) is 32.7 Å². The zero-order valence-electron chi connectivity index (χ0n) is 21.1. The Morgan fingerprint density at radius 2 is 1.54 bits per heavy atom. The molecule has 0 bridgehead atoms. The van der Waals surface area contributed by atoms with Gasteiger partial charge in [-0.15, -0.1) is 0 Å². The molecule has 6 nitrogen and oxygen atoms in total. The van der Waals surface area contributed by atoms with Gasteiger partial charge in [0.05, 0.1) is 24.1 Å². The van der Waals surface area contributed by atoms with Crippen molar-refractivity contribution >= 4 is 11.9 Å². The van der Waals surface area contributed by atoms with E-state index in [1.807, 2.05) is 80.6 Å². The molecule has 1 fully saturated rings. The van der Waals surface area contributed by atoms with E-state index in [2.05, 4.69) is 22.6 Å². The van der Waals surface area contributed by atoms with Crippen LogP contribution >= 0.6 is 0 Å². The molecular formula is C31H30N2O4. The van der Waals surface area contributed by atoms with Gasteiger partial charge in [0.2, 0.25) is 5.91 Å². The minimum Gasteiger partial charge on any atom is -0.465 e. The number of hydrogen-bond acceptors (Lipinski definition) is 5. The lowest BCUT2D eigenvalue weighted by Gasteiger charge is -2.14. The summed E-state index contributed by atoms with van der Waals surface area (Å²) in [6.07, 6.45) is 2.01. The van der Waals surface area contributed by atoms with Crippen LogP contribution in [0.15, 0.2) is 83.4 Å². The van der Waals surface area contributed by atoms with E-state index in [0.717, 1.165) is 51.9 Å². The first-order valence-electron chi connectivity index (χ1n) is 12.6. The van der Waals surface area contributed by atoms with Gasteiger partial charge in [-0.05, 0) is 48.9 Å². The van der Waals surface area contributed by atoms with Gasteiger partial charge >= 0.3 is 5.97 Å². The fraction of sp³-hybridized carbons (Fsp3) is 0.258. The van der Waals surface area contributed by atoms with Gasteiger partial charge in [0, 0.05) is 17.7 Å². The lowest BCUT2D eigenvalue weighted by molar-refractivity contribution is -0.146. The van der Waals surface area contributed by atoms with Gasteiger partial charge in [0.15, 0.2) is 5.76 Å². The van der Waals surface area contributed by atoms with E-state index in [1.165, 1.54) is 0 Å². The topological polar surface area (TPSA) is 81.4 Å². The quantitative estimate of drug-likeness (QED) is 0.299. The number of rotatable bonds is 9. The molecule has 0 spiro atoms. The average molecular weight is 495 g/mol. The molecule has 0 saturated heterocycles. The Bertz CT molecular complexity index is 1390. The number of amides is 1. The molecule has 3 aromatic carbocycles. The molecule has 5 rings (SSSR count). The number of aromatic nitrogens is 1. The molecule has 4 aromatic rings. The number of esters is 1. The van der Waals surface area contributed by atoms with Crippen molar-refractivity contribution < 1.29 is 18.8 Å². The first kappa shape index (κ1) is 24.5. The summed E-state index contributed by atoms with van der Waals surface area (Å²) in [6.45, 7) is 4.47. The smallest absolute Gasteiger partial charge is 0.316 e. The maximum absolute atomic E-state index is 12.4. The number of carbonyl (C=O) groups is 2. The molecule has 6 heteroatoms. The van der Waals surface area contributed by atoms with Gasteiger partial charge in [-0.1, -0.05) is 84.0 Å². The minimum atomic E-state index is -0.463.